The summed E-state index contributed by atoms with van der Waals surface area (Å²) < 4.78 is 5.97. The molecule has 3 rings (SSSR count). The Kier molecular flexibility index (Phi) is 3.89. The number of benzene rings is 3. The standard InChI is InChI=1S/C19H19NO/c1-14-7-2-4-10-16(14)18(20)13-21-19-12-6-9-15-8-3-5-11-17(15)19/h2-12,18H,13,20H2,1H3. The Bertz CT molecular complexity index is 746. The van der Waals surface area contributed by atoms with Crippen LogP contribution in [0.4, 0.5) is 0 Å². The zero-order valence-electron chi connectivity index (χ0n) is 12.1. The highest BCUT2D eigenvalue weighted by atomic mass is 16.5. The van der Waals surface area contributed by atoms with Crippen molar-refractivity contribution in [3.63, 3.8) is 0 Å². The molecule has 0 saturated carbocycles. The summed E-state index contributed by atoms with van der Waals surface area (Å²) in [5, 5.41) is 2.30. The first-order valence-electron chi connectivity index (χ1n) is 7.17. The lowest BCUT2D eigenvalue weighted by Crippen LogP contribution is -2.20. The molecule has 0 aliphatic carbocycles. The van der Waals surface area contributed by atoms with Crippen LogP contribution in [0.3, 0.4) is 0 Å². The quantitative estimate of drug-likeness (QED) is 0.774. The Balaban J connectivity index is 1.79. The molecule has 0 spiro atoms. The molecule has 0 amide bonds. The van der Waals surface area contributed by atoms with E-state index in [2.05, 4.69) is 37.3 Å². The molecule has 0 radical (unpaired) electrons. The minimum absolute atomic E-state index is 0.120. The second kappa shape index (κ2) is 5.98. The zero-order chi connectivity index (χ0) is 14.7. The van der Waals surface area contributed by atoms with Gasteiger partial charge in [-0.3, -0.25) is 0 Å². The van der Waals surface area contributed by atoms with Gasteiger partial charge in [0.25, 0.3) is 0 Å². The molecule has 21 heavy (non-hydrogen) atoms. The fourth-order valence-corrected chi connectivity index (χ4v) is 2.59. The van der Waals surface area contributed by atoms with Crippen LogP contribution in [0.2, 0.25) is 0 Å². The summed E-state index contributed by atoms with van der Waals surface area (Å²) >= 11 is 0. The number of ether oxygens (including phenoxy) is 1. The van der Waals surface area contributed by atoms with Gasteiger partial charge in [-0.05, 0) is 29.5 Å². The molecular weight excluding hydrogens is 258 g/mol. The largest absolute Gasteiger partial charge is 0.491 e. The second-order valence-electron chi connectivity index (χ2n) is 5.25. The zero-order valence-corrected chi connectivity index (χ0v) is 12.1. The van der Waals surface area contributed by atoms with E-state index in [9.17, 15) is 0 Å². The number of hydrogen-bond donors (Lipinski definition) is 1. The normalized spacial score (nSPS) is 12.3. The van der Waals surface area contributed by atoms with E-state index in [-0.39, 0.29) is 6.04 Å². The maximum Gasteiger partial charge on any atom is 0.127 e. The summed E-state index contributed by atoms with van der Waals surface area (Å²) in [6.45, 7) is 2.55. The van der Waals surface area contributed by atoms with Gasteiger partial charge in [0, 0.05) is 5.39 Å². The summed E-state index contributed by atoms with van der Waals surface area (Å²) in [5.74, 6) is 0.886. The molecule has 0 heterocycles. The first kappa shape index (κ1) is 13.7. The van der Waals surface area contributed by atoms with Crippen LogP contribution in [0.15, 0.2) is 66.7 Å². The van der Waals surface area contributed by atoms with E-state index in [1.165, 1.54) is 10.9 Å². The Labute approximate surface area is 125 Å². The predicted octanol–water partition coefficient (Wildman–Crippen LogP) is 4.23. The molecule has 0 fully saturated rings. The monoisotopic (exact) mass is 277 g/mol. The molecule has 0 saturated heterocycles. The highest BCUT2D eigenvalue weighted by Gasteiger charge is 2.10. The molecule has 0 aliphatic heterocycles. The number of rotatable bonds is 4. The lowest BCUT2D eigenvalue weighted by molar-refractivity contribution is 0.293. The average Bonchev–Trinajstić information content (AvgIpc) is 2.53. The van der Waals surface area contributed by atoms with Gasteiger partial charge < -0.3 is 10.5 Å². The van der Waals surface area contributed by atoms with Crippen molar-refractivity contribution in [3.8, 4) is 5.75 Å². The molecule has 1 unspecified atom stereocenters. The second-order valence-corrected chi connectivity index (χ2v) is 5.25. The Hall–Kier alpha value is -2.32. The lowest BCUT2D eigenvalue weighted by atomic mass is 10.0. The number of aryl methyl sites for hydroxylation is 1. The van der Waals surface area contributed by atoms with E-state index in [0.717, 1.165) is 16.7 Å². The van der Waals surface area contributed by atoms with Gasteiger partial charge in [0.1, 0.15) is 12.4 Å². The molecule has 0 aromatic heterocycles. The van der Waals surface area contributed by atoms with Gasteiger partial charge >= 0.3 is 0 Å². The molecule has 2 N–H and O–H groups in total. The molecule has 3 aromatic carbocycles. The van der Waals surface area contributed by atoms with Crippen LogP contribution >= 0.6 is 0 Å². The number of nitrogens with two attached hydrogens (primary N) is 1. The predicted molar refractivity (Wildman–Crippen MR) is 87.6 cm³/mol. The number of hydrogen-bond acceptors (Lipinski definition) is 2. The van der Waals surface area contributed by atoms with Crippen LogP contribution in [0.1, 0.15) is 17.2 Å². The van der Waals surface area contributed by atoms with Gasteiger partial charge in [-0.15, -0.1) is 0 Å². The van der Waals surface area contributed by atoms with Crippen molar-refractivity contribution in [1.29, 1.82) is 0 Å². The van der Waals surface area contributed by atoms with Gasteiger partial charge in [0.15, 0.2) is 0 Å². The van der Waals surface area contributed by atoms with Gasteiger partial charge in [0.05, 0.1) is 6.04 Å². The van der Waals surface area contributed by atoms with Crippen LogP contribution in [0.25, 0.3) is 10.8 Å². The van der Waals surface area contributed by atoms with Crippen molar-refractivity contribution >= 4 is 10.8 Å². The van der Waals surface area contributed by atoms with E-state index in [1.807, 2.05) is 36.4 Å². The minimum Gasteiger partial charge on any atom is -0.491 e. The third-order valence-corrected chi connectivity index (χ3v) is 3.76. The van der Waals surface area contributed by atoms with Crippen molar-refractivity contribution in [3.05, 3.63) is 77.9 Å². The van der Waals surface area contributed by atoms with Crippen LogP contribution in [-0.2, 0) is 0 Å². The molecule has 2 heteroatoms. The van der Waals surface area contributed by atoms with E-state index in [0.29, 0.717) is 6.61 Å². The van der Waals surface area contributed by atoms with E-state index in [4.69, 9.17) is 10.5 Å². The minimum atomic E-state index is -0.120. The summed E-state index contributed by atoms with van der Waals surface area (Å²) in [5.41, 5.74) is 8.60. The third-order valence-electron chi connectivity index (χ3n) is 3.76. The molecule has 2 nitrogen and oxygen atoms in total. The summed E-state index contributed by atoms with van der Waals surface area (Å²) in [4.78, 5) is 0. The summed E-state index contributed by atoms with van der Waals surface area (Å²) in [7, 11) is 0. The smallest absolute Gasteiger partial charge is 0.127 e. The first-order chi connectivity index (χ1) is 10.3. The molecule has 106 valence electrons. The van der Waals surface area contributed by atoms with Gasteiger partial charge in [-0.25, -0.2) is 0 Å². The van der Waals surface area contributed by atoms with E-state index < -0.39 is 0 Å². The molecule has 0 aliphatic rings. The molecule has 1 atom stereocenters. The third kappa shape index (κ3) is 2.91. The Morgan fingerprint density at radius 1 is 0.905 bits per heavy atom. The van der Waals surface area contributed by atoms with Crippen LogP contribution in [0.5, 0.6) is 5.75 Å². The van der Waals surface area contributed by atoms with E-state index in [1.54, 1.807) is 0 Å². The maximum absolute atomic E-state index is 6.26. The van der Waals surface area contributed by atoms with Crippen LogP contribution < -0.4 is 10.5 Å². The molecular formula is C19H19NO. The van der Waals surface area contributed by atoms with Gasteiger partial charge in [-0.1, -0.05) is 60.7 Å². The lowest BCUT2D eigenvalue weighted by Gasteiger charge is -2.16. The molecule has 0 bridgehead atoms. The number of fused-ring (bicyclic) bond motifs is 1. The molecule has 3 aromatic rings. The Morgan fingerprint density at radius 2 is 1.62 bits per heavy atom. The Morgan fingerprint density at radius 3 is 2.48 bits per heavy atom. The van der Waals surface area contributed by atoms with Crippen LogP contribution in [0, 0.1) is 6.92 Å². The topological polar surface area (TPSA) is 35.2 Å². The average molecular weight is 277 g/mol. The SMILES string of the molecule is Cc1ccccc1C(N)COc1cccc2ccccc12. The van der Waals surface area contributed by atoms with Crippen molar-refractivity contribution in [2.24, 2.45) is 5.73 Å². The van der Waals surface area contributed by atoms with Crippen molar-refractivity contribution in [1.82, 2.24) is 0 Å². The highest BCUT2D eigenvalue weighted by Crippen LogP contribution is 2.26. The highest BCUT2D eigenvalue weighted by molar-refractivity contribution is 5.88. The maximum atomic E-state index is 6.26. The summed E-state index contributed by atoms with van der Waals surface area (Å²) in [6, 6.07) is 22.4. The first-order valence-corrected chi connectivity index (χ1v) is 7.17. The van der Waals surface area contributed by atoms with Crippen molar-refractivity contribution in [2.75, 3.05) is 6.61 Å². The van der Waals surface area contributed by atoms with Crippen LogP contribution in [-0.4, -0.2) is 6.61 Å². The summed E-state index contributed by atoms with van der Waals surface area (Å²) in [6.07, 6.45) is 0. The fourth-order valence-electron chi connectivity index (χ4n) is 2.59. The van der Waals surface area contributed by atoms with Gasteiger partial charge in [-0.2, -0.15) is 0 Å². The fraction of sp³-hybridized carbons (Fsp3) is 0.158. The van der Waals surface area contributed by atoms with Crippen molar-refractivity contribution in [2.45, 2.75) is 13.0 Å². The van der Waals surface area contributed by atoms with Crippen molar-refractivity contribution < 1.29 is 4.74 Å². The van der Waals surface area contributed by atoms with Gasteiger partial charge in [0.2, 0.25) is 0 Å². The van der Waals surface area contributed by atoms with E-state index >= 15 is 0 Å².